The van der Waals surface area contributed by atoms with Gasteiger partial charge in [0.2, 0.25) is 0 Å². The molecule has 0 radical (unpaired) electrons. The number of anilines is 1. The summed E-state index contributed by atoms with van der Waals surface area (Å²) in [5.74, 6) is 0.713. The normalized spacial score (nSPS) is 14.0. The average Bonchev–Trinajstić information content (AvgIpc) is 2.75. The lowest BCUT2D eigenvalue weighted by atomic mass is 10.1. The Morgan fingerprint density at radius 3 is 2.31 bits per heavy atom. The molecule has 1 aliphatic rings. The van der Waals surface area contributed by atoms with Crippen LogP contribution in [0.3, 0.4) is 0 Å². The van der Waals surface area contributed by atoms with Crippen LogP contribution >= 0.6 is 11.6 Å². The first kappa shape index (κ1) is 19.3. The van der Waals surface area contributed by atoms with Crippen molar-refractivity contribution in [3.05, 3.63) is 89.2 Å². The smallest absolute Gasteiger partial charge is 0.254 e. The molecule has 4 nitrogen and oxygen atoms in total. The molecule has 1 saturated heterocycles. The molecular weight excluding hydrogens is 391 g/mol. The molecule has 0 atom stereocenters. The Kier molecular flexibility index (Phi) is 5.67. The summed E-state index contributed by atoms with van der Waals surface area (Å²) in [4.78, 5) is 17.0. The van der Waals surface area contributed by atoms with Crippen molar-refractivity contribution in [3.8, 4) is 11.5 Å². The van der Waals surface area contributed by atoms with Crippen LogP contribution in [0.5, 0.6) is 11.5 Å². The number of hydrogen-bond acceptors (Lipinski definition) is 3. The molecule has 0 spiro atoms. The van der Waals surface area contributed by atoms with E-state index in [1.807, 2.05) is 29.2 Å². The van der Waals surface area contributed by atoms with Crippen molar-refractivity contribution in [2.45, 2.75) is 0 Å². The minimum Gasteiger partial charge on any atom is -0.457 e. The largest absolute Gasteiger partial charge is 0.457 e. The van der Waals surface area contributed by atoms with Gasteiger partial charge in [-0.1, -0.05) is 23.7 Å². The molecule has 3 aromatic rings. The van der Waals surface area contributed by atoms with Crippen molar-refractivity contribution in [2.24, 2.45) is 0 Å². The maximum atomic E-state index is 13.0. The minimum atomic E-state index is -0.321. The summed E-state index contributed by atoms with van der Waals surface area (Å²) in [5.41, 5.74) is 1.64. The predicted molar refractivity (Wildman–Crippen MR) is 112 cm³/mol. The summed E-state index contributed by atoms with van der Waals surface area (Å²) in [5, 5.41) is 0.707. The Morgan fingerprint density at radius 1 is 0.862 bits per heavy atom. The number of halogens is 2. The van der Waals surface area contributed by atoms with Crippen LogP contribution in [0.1, 0.15) is 10.4 Å². The lowest BCUT2D eigenvalue weighted by Gasteiger charge is -2.36. The van der Waals surface area contributed by atoms with E-state index < -0.39 is 0 Å². The van der Waals surface area contributed by atoms with E-state index in [0.29, 0.717) is 35.2 Å². The van der Waals surface area contributed by atoms with E-state index in [1.165, 1.54) is 12.1 Å². The van der Waals surface area contributed by atoms with Gasteiger partial charge < -0.3 is 14.5 Å². The fraction of sp³-hybridized carbons (Fsp3) is 0.174. The maximum absolute atomic E-state index is 13.0. The van der Waals surface area contributed by atoms with Crippen LogP contribution in [0, 0.1) is 5.82 Å². The fourth-order valence-electron chi connectivity index (χ4n) is 3.35. The maximum Gasteiger partial charge on any atom is 0.254 e. The fourth-order valence-corrected chi connectivity index (χ4v) is 3.54. The van der Waals surface area contributed by atoms with Crippen LogP contribution in [0.2, 0.25) is 5.02 Å². The average molecular weight is 411 g/mol. The van der Waals surface area contributed by atoms with Gasteiger partial charge in [0.1, 0.15) is 17.3 Å². The number of nitrogens with zero attached hydrogens (tertiary/aromatic N) is 2. The molecule has 0 N–H and O–H groups in total. The van der Waals surface area contributed by atoms with E-state index in [0.717, 1.165) is 18.8 Å². The highest BCUT2D eigenvalue weighted by molar-refractivity contribution is 6.30. The molecule has 0 unspecified atom stereocenters. The highest BCUT2D eigenvalue weighted by Crippen LogP contribution is 2.24. The van der Waals surface area contributed by atoms with Crippen LogP contribution < -0.4 is 9.64 Å². The van der Waals surface area contributed by atoms with Crippen LogP contribution in [-0.4, -0.2) is 37.0 Å². The topological polar surface area (TPSA) is 32.8 Å². The van der Waals surface area contributed by atoms with Gasteiger partial charge in [-0.2, -0.15) is 0 Å². The van der Waals surface area contributed by atoms with Gasteiger partial charge in [0, 0.05) is 42.5 Å². The summed E-state index contributed by atoms with van der Waals surface area (Å²) in [6.45, 7) is 2.76. The standard InChI is InChI=1S/C23H20ClFN2O2/c24-18-4-2-5-20(16-18)26-11-13-27(14-12-26)23(28)17-3-1-6-22(15-17)29-21-9-7-19(25)8-10-21/h1-10,15-16H,11-14H2. The first-order chi connectivity index (χ1) is 14.1. The second-order valence-electron chi connectivity index (χ2n) is 6.84. The lowest BCUT2D eigenvalue weighted by Crippen LogP contribution is -2.48. The zero-order chi connectivity index (χ0) is 20.2. The Hall–Kier alpha value is -3.05. The second kappa shape index (κ2) is 8.53. The zero-order valence-corrected chi connectivity index (χ0v) is 16.5. The highest BCUT2D eigenvalue weighted by Gasteiger charge is 2.22. The van der Waals surface area contributed by atoms with E-state index in [-0.39, 0.29) is 11.7 Å². The lowest BCUT2D eigenvalue weighted by molar-refractivity contribution is 0.0746. The zero-order valence-electron chi connectivity index (χ0n) is 15.7. The number of carbonyl (C=O) groups is 1. The summed E-state index contributed by atoms with van der Waals surface area (Å²) < 4.78 is 18.8. The van der Waals surface area contributed by atoms with Gasteiger partial charge in [-0.3, -0.25) is 4.79 Å². The van der Waals surface area contributed by atoms with E-state index >= 15 is 0 Å². The molecule has 0 aromatic heterocycles. The molecule has 3 aromatic carbocycles. The second-order valence-corrected chi connectivity index (χ2v) is 7.28. The number of carbonyl (C=O) groups excluding carboxylic acids is 1. The van der Waals surface area contributed by atoms with Crippen LogP contribution in [-0.2, 0) is 0 Å². The van der Waals surface area contributed by atoms with Gasteiger partial charge in [0.25, 0.3) is 5.91 Å². The Bertz CT molecular complexity index is 1000. The molecule has 1 fully saturated rings. The van der Waals surface area contributed by atoms with Crippen molar-refractivity contribution in [3.63, 3.8) is 0 Å². The van der Waals surface area contributed by atoms with Crippen molar-refractivity contribution in [1.82, 2.24) is 4.90 Å². The Balaban J connectivity index is 1.40. The summed E-state index contributed by atoms with van der Waals surface area (Å²) in [7, 11) is 0. The molecule has 29 heavy (non-hydrogen) atoms. The summed E-state index contributed by atoms with van der Waals surface area (Å²) >= 11 is 6.08. The Morgan fingerprint density at radius 2 is 1.59 bits per heavy atom. The molecule has 1 aliphatic heterocycles. The summed E-state index contributed by atoms with van der Waals surface area (Å²) in [6.07, 6.45) is 0. The molecule has 148 valence electrons. The number of rotatable bonds is 4. The number of amides is 1. The van der Waals surface area contributed by atoms with E-state index in [1.54, 1.807) is 36.4 Å². The van der Waals surface area contributed by atoms with Crippen molar-refractivity contribution in [2.75, 3.05) is 31.1 Å². The molecule has 0 aliphatic carbocycles. The van der Waals surface area contributed by atoms with Crippen LogP contribution in [0.15, 0.2) is 72.8 Å². The van der Waals surface area contributed by atoms with Gasteiger partial charge in [-0.05, 0) is 60.7 Å². The minimum absolute atomic E-state index is 0.0275. The number of piperazine rings is 1. The van der Waals surface area contributed by atoms with Crippen molar-refractivity contribution in [1.29, 1.82) is 0 Å². The third-order valence-electron chi connectivity index (χ3n) is 4.87. The van der Waals surface area contributed by atoms with Crippen molar-refractivity contribution >= 4 is 23.2 Å². The molecular formula is C23H20ClFN2O2. The molecule has 6 heteroatoms. The van der Waals surface area contributed by atoms with E-state index in [4.69, 9.17) is 16.3 Å². The summed E-state index contributed by atoms with van der Waals surface area (Å²) in [6, 6.07) is 20.6. The molecule has 0 bridgehead atoms. The van der Waals surface area contributed by atoms with Gasteiger partial charge in [0.15, 0.2) is 0 Å². The van der Waals surface area contributed by atoms with Gasteiger partial charge in [-0.15, -0.1) is 0 Å². The third-order valence-corrected chi connectivity index (χ3v) is 5.11. The molecule has 0 saturated carbocycles. The van der Waals surface area contributed by atoms with Crippen molar-refractivity contribution < 1.29 is 13.9 Å². The first-order valence-corrected chi connectivity index (χ1v) is 9.79. The quantitative estimate of drug-likeness (QED) is 0.590. The SMILES string of the molecule is O=C(c1cccc(Oc2ccc(F)cc2)c1)N1CCN(c2cccc(Cl)c2)CC1. The first-order valence-electron chi connectivity index (χ1n) is 9.42. The number of ether oxygens (including phenoxy) is 1. The van der Waals surface area contributed by atoms with Crippen LogP contribution in [0.4, 0.5) is 10.1 Å². The number of hydrogen-bond donors (Lipinski definition) is 0. The highest BCUT2D eigenvalue weighted by atomic mass is 35.5. The van der Waals surface area contributed by atoms with Gasteiger partial charge in [-0.25, -0.2) is 4.39 Å². The number of benzene rings is 3. The monoisotopic (exact) mass is 410 g/mol. The van der Waals surface area contributed by atoms with E-state index in [9.17, 15) is 9.18 Å². The van der Waals surface area contributed by atoms with Gasteiger partial charge in [0.05, 0.1) is 0 Å². The van der Waals surface area contributed by atoms with Crippen LogP contribution in [0.25, 0.3) is 0 Å². The van der Waals surface area contributed by atoms with Gasteiger partial charge >= 0.3 is 0 Å². The predicted octanol–water partition coefficient (Wildman–Crippen LogP) is 5.23. The molecule has 1 heterocycles. The third kappa shape index (κ3) is 4.69. The molecule has 4 rings (SSSR count). The Labute approximate surface area is 174 Å². The molecule has 1 amide bonds. The van der Waals surface area contributed by atoms with E-state index in [2.05, 4.69) is 4.90 Å².